The van der Waals surface area contributed by atoms with E-state index in [1.165, 1.54) is 6.20 Å². The number of rotatable bonds is 5. The van der Waals surface area contributed by atoms with Crippen LogP contribution in [0.25, 0.3) is 0 Å². The third-order valence-electron chi connectivity index (χ3n) is 3.13. The zero-order valence-corrected chi connectivity index (χ0v) is 12.0. The van der Waals surface area contributed by atoms with E-state index in [-0.39, 0.29) is 5.03 Å². The molecule has 3 N–H and O–H groups in total. The van der Waals surface area contributed by atoms with Crippen molar-refractivity contribution in [1.29, 1.82) is 0 Å². The van der Waals surface area contributed by atoms with Crippen molar-refractivity contribution in [3.63, 3.8) is 0 Å². The van der Waals surface area contributed by atoms with Crippen molar-refractivity contribution in [3.05, 3.63) is 11.8 Å². The van der Waals surface area contributed by atoms with E-state index in [0.717, 1.165) is 12.8 Å². The molecule has 0 amide bonds. The number of nitrogens with zero attached hydrogens (tertiary/aromatic N) is 1. The summed E-state index contributed by atoms with van der Waals surface area (Å²) in [5.41, 5.74) is 0.0642. The molecule has 1 saturated heterocycles. The smallest absolute Gasteiger partial charge is 0.258 e. The van der Waals surface area contributed by atoms with Gasteiger partial charge in [-0.1, -0.05) is 0 Å². The number of sulfonamides is 1. The lowest BCUT2D eigenvalue weighted by atomic mass is 9.97. The van der Waals surface area contributed by atoms with Crippen molar-refractivity contribution in [1.82, 2.24) is 20.2 Å². The Morgan fingerprint density at radius 3 is 3.00 bits per heavy atom. The number of H-pyrrole nitrogens is 1. The van der Waals surface area contributed by atoms with Crippen LogP contribution in [0.2, 0.25) is 0 Å². The summed E-state index contributed by atoms with van der Waals surface area (Å²) in [6, 6.07) is 0. The van der Waals surface area contributed by atoms with E-state index in [0.29, 0.717) is 25.3 Å². The Labute approximate surface area is 113 Å². The van der Waals surface area contributed by atoms with Crippen LogP contribution in [-0.2, 0) is 21.3 Å². The first-order valence-electron chi connectivity index (χ1n) is 6.25. The third-order valence-corrected chi connectivity index (χ3v) is 4.79. The number of aromatic amines is 1. The molecule has 1 unspecified atom stereocenters. The molecule has 0 spiro atoms. The molecule has 1 aromatic heterocycles. The van der Waals surface area contributed by atoms with Crippen LogP contribution in [0.5, 0.6) is 0 Å². The van der Waals surface area contributed by atoms with Gasteiger partial charge in [-0.2, -0.15) is 5.10 Å². The lowest BCUT2D eigenvalue weighted by Crippen LogP contribution is -2.51. The van der Waals surface area contributed by atoms with Gasteiger partial charge < -0.3 is 10.1 Å². The summed E-state index contributed by atoms with van der Waals surface area (Å²) in [6.45, 7) is 3.38. The van der Waals surface area contributed by atoms with Gasteiger partial charge in [0.2, 0.25) is 0 Å². The highest BCUT2D eigenvalue weighted by molar-refractivity contribution is 7.89. The Hall–Kier alpha value is -0.960. The molecule has 1 aromatic rings. The van der Waals surface area contributed by atoms with Crippen LogP contribution in [0, 0.1) is 0 Å². The molecule has 8 heteroatoms. The average molecular weight is 288 g/mol. The van der Waals surface area contributed by atoms with E-state index in [2.05, 4.69) is 20.2 Å². The Kier molecular flexibility index (Phi) is 4.24. The fourth-order valence-corrected chi connectivity index (χ4v) is 3.79. The molecule has 1 fully saturated rings. The first-order valence-corrected chi connectivity index (χ1v) is 7.74. The van der Waals surface area contributed by atoms with Gasteiger partial charge in [0.15, 0.2) is 5.03 Å². The maximum Gasteiger partial charge on any atom is 0.258 e. The molecule has 0 bridgehead atoms. The lowest BCUT2D eigenvalue weighted by molar-refractivity contribution is 0.0386. The van der Waals surface area contributed by atoms with Gasteiger partial charge in [-0.3, -0.25) is 5.10 Å². The first kappa shape index (κ1) is 14.4. The predicted octanol–water partition coefficient (Wildman–Crippen LogP) is -0.0235. The molecule has 0 saturated carbocycles. The normalized spacial score (nSPS) is 24.5. The fraction of sp³-hybridized carbons (Fsp3) is 0.727. The third kappa shape index (κ3) is 3.33. The summed E-state index contributed by atoms with van der Waals surface area (Å²) in [4.78, 5) is 0. The molecule has 0 aromatic carbocycles. The van der Waals surface area contributed by atoms with Crippen LogP contribution >= 0.6 is 0 Å². The number of aromatic nitrogens is 2. The van der Waals surface area contributed by atoms with Crippen molar-refractivity contribution < 1.29 is 13.2 Å². The summed E-state index contributed by atoms with van der Waals surface area (Å²) in [5, 5.41) is 9.40. The van der Waals surface area contributed by atoms with E-state index in [1.54, 1.807) is 7.05 Å². The minimum absolute atomic E-state index is 0.119. The Morgan fingerprint density at radius 2 is 2.37 bits per heavy atom. The van der Waals surface area contributed by atoms with Crippen LogP contribution in [-0.4, -0.2) is 44.4 Å². The summed E-state index contributed by atoms with van der Waals surface area (Å²) < 4.78 is 32.9. The molecule has 0 aliphatic carbocycles. The second-order valence-electron chi connectivity index (χ2n) is 5.08. The average Bonchev–Trinajstić information content (AvgIpc) is 2.78. The SMILES string of the molecule is CNCc1cn[nH]c1S(=O)(=O)NC1(C)CCCOC1. The highest BCUT2D eigenvalue weighted by Crippen LogP contribution is 2.22. The van der Waals surface area contributed by atoms with Crippen LogP contribution in [0.4, 0.5) is 0 Å². The Balaban J connectivity index is 2.19. The standard InChI is InChI=1S/C11H20N4O3S/c1-11(4-3-5-18-8-11)15-19(16,17)10-9(6-12-2)7-13-14-10/h7,12,15H,3-6,8H2,1-2H3,(H,13,14). The maximum absolute atomic E-state index is 12.4. The number of ether oxygens (including phenoxy) is 1. The van der Waals surface area contributed by atoms with Crippen LogP contribution < -0.4 is 10.0 Å². The van der Waals surface area contributed by atoms with Crippen molar-refractivity contribution in [2.24, 2.45) is 0 Å². The van der Waals surface area contributed by atoms with Gasteiger partial charge in [0.05, 0.1) is 18.3 Å². The number of hydrogen-bond donors (Lipinski definition) is 3. The molecule has 1 atom stereocenters. The zero-order chi connectivity index (χ0) is 13.9. The van der Waals surface area contributed by atoms with Crippen molar-refractivity contribution in [2.75, 3.05) is 20.3 Å². The summed E-state index contributed by atoms with van der Waals surface area (Å²) in [6.07, 6.45) is 3.14. The van der Waals surface area contributed by atoms with Gasteiger partial charge in [0.1, 0.15) is 0 Å². The summed E-state index contributed by atoms with van der Waals surface area (Å²) in [7, 11) is -1.86. The van der Waals surface area contributed by atoms with Gasteiger partial charge >= 0.3 is 0 Å². The van der Waals surface area contributed by atoms with Crippen molar-refractivity contribution in [3.8, 4) is 0 Å². The van der Waals surface area contributed by atoms with Crippen molar-refractivity contribution >= 4 is 10.0 Å². The summed E-state index contributed by atoms with van der Waals surface area (Å²) >= 11 is 0. The number of nitrogens with one attached hydrogen (secondary N) is 3. The highest BCUT2D eigenvalue weighted by Gasteiger charge is 2.34. The second kappa shape index (κ2) is 5.58. The molecule has 0 radical (unpaired) electrons. The summed E-state index contributed by atoms with van der Waals surface area (Å²) in [5.74, 6) is 0. The topological polar surface area (TPSA) is 96.1 Å². The molecular weight excluding hydrogens is 268 g/mol. The number of hydrogen-bond acceptors (Lipinski definition) is 5. The van der Waals surface area contributed by atoms with E-state index in [1.807, 2.05) is 6.92 Å². The van der Waals surface area contributed by atoms with Crippen LogP contribution in [0.15, 0.2) is 11.2 Å². The molecule has 2 heterocycles. The van der Waals surface area contributed by atoms with Gasteiger partial charge in [0.25, 0.3) is 10.0 Å². The van der Waals surface area contributed by atoms with Gasteiger partial charge in [-0.25, -0.2) is 13.1 Å². The predicted molar refractivity (Wildman–Crippen MR) is 70.1 cm³/mol. The molecule has 2 rings (SSSR count). The van der Waals surface area contributed by atoms with Gasteiger partial charge in [-0.05, 0) is 26.8 Å². The molecule has 108 valence electrons. The van der Waals surface area contributed by atoms with Gasteiger partial charge in [0, 0.05) is 18.7 Å². The van der Waals surface area contributed by atoms with E-state index < -0.39 is 15.6 Å². The first-order chi connectivity index (χ1) is 8.97. The molecule has 1 aliphatic rings. The van der Waals surface area contributed by atoms with Gasteiger partial charge in [-0.15, -0.1) is 0 Å². The van der Waals surface area contributed by atoms with E-state index in [9.17, 15) is 8.42 Å². The minimum Gasteiger partial charge on any atom is -0.380 e. The minimum atomic E-state index is -3.62. The van der Waals surface area contributed by atoms with E-state index >= 15 is 0 Å². The van der Waals surface area contributed by atoms with Crippen molar-refractivity contribution in [2.45, 2.75) is 36.9 Å². The van der Waals surface area contributed by atoms with Crippen LogP contribution in [0.3, 0.4) is 0 Å². The Bertz CT molecular complexity index is 520. The van der Waals surface area contributed by atoms with Crippen LogP contribution in [0.1, 0.15) is 25.3 Å². The molecule has 1 aliphatic heterocycles. The zero-order valence-electron chi connectivity index (χ0n) is 11.2. The van der Waals surface area contributed by atoms with E-state index in [4.69, 9.17) is 4.74 Å². The molecule has 7 nitrogen and oxygen atoms in total. The Morgan fingerprint density at radius 1 is 1.58 bits per heavy atom. The maximum atomic E-state index is 12.4. The second-order valence-corrected chi connectivity index (χ2v) is 6.70. The monoisotopic (exact) mass is 288 g/mol. The fourth-order valence-electron chi connectivity index (χ4n) is 2.24. The quantitative estimate of drug-likeness (QED) is 0.707. The molecule has 19 heavy (non-hydrogen) atoms. The molecular formula is C11H20N4O3S. The largest absolute Gasteiger partial charge is 0.380 e. The highest BCUT2D eigenvalue weighted by atomic mass is 32.2. The lowest BCUT2D eigenvalue weighted by Gasteiger charge is -2.33.